The molecule has 1 aromatic rings. The predicted molar refractivity (Wildman–Crippen MR) is 88.1 cm³/mol. The molecule has 25 heavy (non-hydrogen) atoms. The lowest BCUT2D eigenvalue weighted by Gasteiger charge is -2.19. The Bertz CT molecular complexity index is 768. The van der Waals surface area contributed by atoms with Crippen LogP contribution in [0.2, 0.25) is 0 Å². The van der Waals surface area contributed by atoms with E-state index in [0.29, 0.717) is 23.3 Å². The average Bonchev–Trinajstić information content (AvgIpc) is 3.22. The summed E-state index contributed by atoms with van der Waals surface area (Å²) in [6, 6.07) is 0. The van der Waals surface area contributed by atoms with Crippen LogP contribution in [-0.2, 0) is 21.0 Å². The van der Waals surface area contributed by atoms with E-state index in [1.807, 2.05) is 13.0 Å². The summed E-state index contributed by atoms with van der Waals surface area (Å²) < 4.78 is 10.6. The van der Waals surface area contributed by atoms with Gasteiger partial charge in [-0.1, -0.05) is 11.6 Å². The Balaban J connectivity index is 1.96. The number of carbonyl (C=O) groups excluding carboxylic acids is 2. The second-order valence-corrected chi connectivity index (χ2v) is 6.31. The van der Waals surface area contributed by atoms with Crippen LogP contribution in [0, 0.1) is 6.92 Å². The lowest BCUT2D eigenvalue weighted by molar-refractivity contribution is -0.144. The second-order valence-electron chi connectivity index (χ2n) is 6.31. The quantitative estimate of drug-likeness (QED) is 0.478. The largest absolute Gasteiger partial charge is 0.507 e. The van der Waals surface area contributed by atoms with Gasteiger partial charge in [0.05, 0.1) is 13.5 Å². The van der Waals surface area contributed by atoms with E-state index in [1.165, 1.54) is 0 Å². The smallest absolute Gasteiger partial charge is 0.342 e. The molecule has 3 rings (SSSR count). The number of nitrogens with two attached hydrogens (primary N) is 1. The van der Waals surface area contributed by atoms with Crippen molar-refractivity contribution in [1.82, 2.24) is 0 Å². The van der Waals surface area contributed by atoms with Crippen LogP contribution in [0.1, 0.15) is 58.6 Å². The molecule has 7 nitrogen and oxygen atoms in total. The predicted octanol–water partition coefficient (Wildman–Crippen LogP) is 2.38. The van der Waals surface area contributed by atoms with Crippen LogP contribution >= 0.6 is 0 Å². The number of fused-ring (bicyclic) bond motifs is 1. The summed E-state index contributed by atoms with van der Waals surface area (Å²) in [5.74, 6) is 4.32. The Morgan fingerprint density at radius 3 is 2.92 bits per heavy atom. The van der Waals surface area contributed by atoms with E-state index in [-0.39, 0.29) is 30.3 Å². The SMILES string of the molecule is COc1c(C)c2c(c(O)c1C1C=C(CCC(=O)ON)CC1)C(=O)OC2. The first kappa shape index (κ1) is 17.3. The summed E-state index contributed by atoms with van der Waals surface area (Å²) >= 11 is 0. The van der Waals surface area contributed by atoms with Crippen molar-refractivity contribution < 1.29 is 29.0 Å². The molecule has 134 valence electrons. The van der Waals surface area contributed by atoms with Crippen molar-refractivity contribution in [2.24, 2.45) is 5.90 Å². The van der Waals surface area contributed by atoms with E-state index in [0.717, 1.165) is 24.0 Å². The number of cyclic esters (lactones) is 1. The molecular weight excluding hydrogens is 326 g/mol. The standard InChI is InChI=1S/C18H21NO6/c1-9-12-8-24-18(22)15(12)16(21)14(17(9)23-2)11-5-3-10(7-11)4-6-13(20)25-19/h7,11,21H,3-6,8,19H2,1-2H3. The first-order chi connectivity index (χ1) is 12.0. The lowest BCUT2D eigenvalue weighted by atomic mass is 9.89. The molecule has 0 bridgehead atoms. The molecule has 0 saturated carbocycles. The van der Waals surface area contributed by atoms with Gasteiger partial charge in [0.15, 0.2) is 0 Å². The van der Waals surface area contributed by atoms with E-state index < -0.39 is 11.9 Å². The Morgan fingerprint density at radius 2 is 2.24 bits per heavy atom. The molecule has 2 aliphatic rings. The third-order valence-corrected chi connectivity index (χ3v) is 4.95. The highest BCUT2D eigenvalue weighted by Gasteiger charge is 2.35. The topological polar surface area (TPSA) is 108 Å². The molecule has 0 amide bonds. The zero-order chi connectivity index (χ0) is 18.1. The van der Waals surface area contributed by atoms with Gasteiger partial charge in [0, 0.05) is 17.0 Å². The van der Waals surface area contributed by atoms with Crippen LogP contribution in [0.25, 0.3) is 0 Å². The molecule has 0 fully saturated rings. The van der Waals surface area contributed by atoms with Crippen LogP contribution in [-0.4, -0.2) is 24.2 Å². The molecule has 0 radical (unpaired) electrons. The fourth-order valence-electron chi connectivity index (χ4n) is 3.68. The highest BCUT2D eigenvalue weighted by molar-refractivity contribution is 5.98. The van der Waals surface area contributed by atoms with Crippen LogP contribution in [0.4, 0.5) is 0 Å². The van der Waals surface area contributed by atoms with Crippen molar-refractivity contribution in [1.29, 1.82) is 0 Å². The molecule has 1 heterocycles. The van der Waals surface area contributed by atoms with Crippen molar-refractivity contribution >= 4 is 11.9 Å². The summed E-state index contributed by atoms with van der Waals surface area (Å²) in [7, 11) is 1.55. The second kappa shape index (κ2) is 6.76. The van der Waals surface area contributed by atoms with Gasteiger partial charge in [0.25, 0.3) is 0 Å². The fourth-order valence-corrected chi connectivity index (χ4v) is 3.68. The number of methoxy groups -OCH3 is 1. The highest BCUT2D eigenvalue weighted by atomic mass is 16.7. The minimum absolute atomic E-state index is 0.0659. The van der Waals surface area contributed by atoms with Crippen molar-refractivity contribution in [2.75, 3.05) is 7.11 Å². The zero-order valence-corrected chi connectivity index (χ0v) is 14.3. The number of phenolic OH excluding ortho intramolecular Hbond substituents is 1. The third kappa shape index (κ3) is 2.95. The maximum atomic E-state index is 12.0. The molecule has 1 unspecified atom stereocenters. The molecule has 0 spiro atoms. The zero-order valence-electron chi connectivity index (χ0n) is 14.3. The Kier molecular flexibility index (Phi) is 4.67. The van der Waals surface area contributed by atoms with Crippen LogP contribution in [0.15, 0.2) is 11.6 Å². The van der Waals surface area contributed by atoms with Gasteiger partial charge >= 0.3 is 11.9 Å². The number of hydrogen-bond acceptors (Lipinski definition) is 7. The molecule has 0 aromatic heterocycles. The van der Waals surface area contributed by atoms with Gasteiger partial charge in [-0.25, -0.2) is 4.79 Å². The number of benzene rings is 1. The van der Waals surface area contributed by atoms with Gasteiger partial charge in [-0.15, -0.1) is 0 Å². The number of hydrogen-bond donors (Lipinski definition) is 2. The van der Waals surface area contributed by atoms with E-state index >= 15 is 0 Å². The number of aromatic hydroxyl groups is 1. The van der Waals surface area contributed by atoms with E-state index in [2.05, 4.69) is 4.84 Å². The van der Waals surface area contributed by atoms with Gasteiger partial charge in [-0.3, -0.25) is 4.79 Å². The molecule has 1 aliphatic carbocycles. The molecule has 1 aliphatic heterocycles. The van der Waals surface area contributed by atoms with Gasteiger partial charge < -0.3 is 19.4 Å². The number of carbonyl (C=O) groups is 2. The van der Waals surface area contributed by atoms with Crippen molar-refractivity contribution in [3.05, 3.63) is 33.9 Å². The Labute approximate surface area is 145 Å². The normalized spacial score (nSPS) is 18.6. The monoisotopic (exact) mass is 347 g/mol. The third-order valence-electron chi connectivity index (χ3n) is 4.95. The van der Waals surface area contributed by atoms with Gasteiger partial charge in [0.2, 0.25) is 0 Å². The first-order valence-corrected chi connectivity index (χ1v) is 8.16. The summed E-state index contributed by atoms with van der Waals surface area (Å²) in [4.78, 5) is 27.4. The average molecular weight is 347 g/mol. The van der Waals surface area contributed by atoms with Gasteiger partial charge in [0.1, 0.15) is 23.7 Å². The van der Waals surface area contributed by atoms with Crippen molar-refractivity contribution in [3.8, 4) is 11.5 Å². The summed E-state index contributed by atoms with van der Waals surface area (Å²) in [5, 5.41) is 10.7. The minimum Gasteiger partial charge on any atom is -0.507 e. The molecule has 7 heteroatoms. The van der Waals surface area contributed by atoms with Crippen molar-refractivity contribution in [3.63, 3.8) is 0 Å². The van der Waals surface area contributed by atoms with E-state index in [9.17, 15) is 14.7 Å². The van der Waals surface area contributed by atoms with E-state index in [4.69, 9.17) is 15.4 Å². The van der Waals surface area contributed by atoms with Crippen LogP contribution in [0.5, 0.6) is 11.5 Å². The highest BCUT2D eigenvalue weighted by Crippen LogP contribution is 2.48. The first-order valence-electron chi connectivity index (χ1n) is 8.16. The Hall–Kier alpha value is -2.54. The van der Waals surface area contributed by atoms with Gasteiger partial charge in [-0.2, -0.15) is 5.90 Å². The molecule has 1 aromatic carbocycles. The number of rotatable bonds is 5. The van der Waals surface area contributed by atoms with Crippen molar-refractivity contribution in [2.45, 2.75) is 45.1 Å². The molecular formula is C18H21NO6. The summed E-state index contributed by atoms with van der Waals surface area (Å²) in [6.07, 6.45) is 4.36. The maximum Gasteiger partial charge on any atom is 0.342 e. The molecule has 0 saturated heterocycles. The number of phenols is 1. The van der Waals surface area contributed by atoms with Crippen LogP contribution in [0.3, 0.4) is 0 Å². The van der Waals surface area contributed by atoms with E-state index in [1.54, 1.807) is 7.11 Å². The molecule has 1 atom stereocenters. The van der Waals surface area contributed by atoms with Gasteiger partial charge in [-0.05, 0) is 31.7 Å². The number of ether oxygens (including phenoxy) is 2. The minimum atomic E-state index is -0.507. The Morgan fingerprint density at radius 1 is 1.48 bits per heavy atom. The fraction of sp³-hybridized carbons (Fsp3) is 0.444. The number of allylic oxidation sites excluding steroid dienone is 2. The molecule has 3 N–H and O–H groups in total. The lowest BCUT2D eigenvalue weighted by Crippen LogP contribution is -2.09. The summed E-state index contributed by atoms with van der Waals surface area (Å²) in [6.45, 7) is 2.01. The maximum absolute atomic E-state index is 12.0. The van der Waals surface area contributed by atoms with Crippen LogP contribution < -0.4 is 10.6 Å². The summed E-state index contributed by atoms with van der Waals surface area (Å²) in [5.41, 5.74) is 3.43. The number of esters is 1.